The molecule has 0 fully saturated rings. The third-order valence-corrected chi connectivity index (χ3v) is 3.47. The molecule has 0 aliphatic carbocycles. The van der Waals surface area contributed by atoms with Crippen LogP contribution in [0.3, 0.4) is 0 Å². The van der Waals surface area contributed by atoms with Crippen molar-refractivity contribution < 1.29 is 19.0 Å². The lowest BCUT2D eigenvalue weighted by Gasteiger charge is -2.34. The lowest BCUT2D eigenvalue weighted by molar-refractivity contribution is -0.166. The molecule has 0 aliphatic heterocycles. The Morgan fingerprint density at radius 3 is 2.32 bits per heavy atom. The number of carbonyl (C=O) groups excluding carboxylic acids is 1. The first kappa shape index (κ1) is 18.5. The molecule has 1 rings (SSSR count). The van der Waals surface area contributed by atoms with Gasteiger partial charge in [-0.3, -0.25) is 4.79 Å². The van der Waals surface area contributed by atoms with E-state index >= 15 is 0 Å². The first-order valence-electron chi connectivity index (χ1n) is 7.86. The van der Waals surface area contributed by atoms with Crippen molar-refractivity contribution in [3.8, 4) is 5.75 Å². The van der Waals surface area contributed by atoms with Crippen molar-refractivity contribution in [1.29, 1.82) is 0 Å². The van der Waals surface area contributed by atoms with E-state index in [0.29, 0.717) is 19.6 Å². The summed E-state index contributed by atoms with van der Waals surface area (Å²) in [5.41, 5.74) is -0.642. The van der Waals surface area contributed by atoms with Crippen LogP contribution in [0.4, 0.5) is 0 Å². The quantitative estimate of drug-likeness (QED) is 0.650. The highest BCUT2D eigenvalue weighted by atomic mass is 16.6. The van der Waals surface area contributed by atoms with E-state index < -0.39 is 5.60 Å². The molecule has 0 saturated heterocycles. The lowest BCUT2D eigenvalue weighted by atomic mass is 9.92. The summed E-state index contributed by atoms with van der Waals surface area (Å²) >= 11 is 0. The van der Waals surface area contributed by atoms with Gasteiger partial charge in [0.25, 0.3) is 0 Å². The second kappa shape index (κ2) is 8.79. The van der Waals surface area contributed by atoms with Crippen molar-refractivity contribution in [2.45, 2.75) is 52.7 Å². The Hall–Kier alpha value is -1.55. The van der Waals surface area contributed by atoms with E-state index in [1.807, 2.05) is 58.0 Å². The van der Waals surface area contributed by atoms with Gasteiger partial charge in [0.15, 0.2) is 0 Å². The van der Waals surface area contributed by atoms with Gasteiger partial charge in [0.2, 0.25) is 0 Å². The second-order valence-electron chi connectivity index (χ2n) is 6.13. The van der Waals surface area contributed by atoms with E-state index in [4.69, 9.17) is 14.2 Å². The topological polar surface area (TPSA) is 44.8 Å². The smallest absolute Gasteiger partial charge is 0.306 e. The number of benzene rings is 1. The van der Waals surface area contributed by atoms with Crippen LogP contribution in [0.15, 0.2) is 30.3 Å². The molecule has 0 amide bonds. The fraction of sp³-hybridized carbons (Fsp3) is 0.611. The van der Waals surface area contributed by atoms with Gasteiger partial charge in [-0.05, 0) is 39.8 Å². The minimum atomic E-state index is -0.642. The van der Waals surface area contributed by atoms with Gasteiger partial charge in [-0.15, -0.1) is 0 Å². The van der Waals surface area contributed by atoms with Crippen LogP contribution < -0.4 is 4.74 Å². The number of ether oxygens (including phenoxy) is 3. The summed E-state index contributed by atoms with van der Waals surface area (Å²) in [5.74, 6) is 0.541. The molecule has 0 aromatic heterocycles. The van der Waals surface area contributed by atoms with Crippen molar-refractivity contribution in [3.63, 3.8) is 0 Å². The van der Waals surface area contributed by atoms with Gasteiger partial charge < -0.3 is 14.2 Å². The zero-order valence-electron chi connectivity index (χ0n) is 14.3. The molecule has 4 heteroatoms. The molecule has 1 unspecified atom stereocenters. The van der Waals surface area contributed by atoms with Crippen molar-refractivity contribution in [1.82, 2.24) is 0 Å². The second-order valence-corrected chi connectivity index (χ2v) is 6.13. The summed E-state index contributed by atoms with van der Waals surface area (Å²) < 4.78 is 17.1. The van der Waals surface area contributed by atoms with E-state index in [9.17, 15) is 4.79 Å². The molecule has 1 atom stereocenters. The molecule has 0 heterocycles. The lowest BCUT2D eigenvalue weighted by Crippen LogP contribution is -2.42. The molecule has 124 valence electrons. The number of para-hydroxylation sites is 1. The number of esters is 1. The van der Waals surface area contributed by atoms with Crippen molar-refractivity contribution >= 4 is 5.97 Å². The van der Waals surface area contributed by atoms with Crippen LogP contribution in [0, 0.1) is 5.92 Å². The molecular formula is C18H28O4. The van der Waals surface area contributed by atoms with Gasteiger partial charge in [0, 0.05) is 6.42 Å². The molecule has 0 saturated carbocycles. The van der Waals surface area contributed by atoms with E-state index in [-0.39, 0.29) is 18.0 Å². The fourth-order valence-electron chi connectivity index (χ4n) is 1.92. The Bertz CT molecular complexity index is 440. The Kier molecular flexibility index (Phi) is 7.39. The normalized spacial score (nSPS) is 13.0. The Labute approximate surface area is 133 Å². The van der Waals surface area contributed by atoms with Gasteiger partial charge in [-0.2, -0.15) is 0 Å². The van der Waals surface area contributed by atoms with Crippen LogP contribution in [0.5, 0.6) is 5.75 Å². The van der Waals surface area contributed by atoms with Gasteiger partial charge >= 0.3 is 5.97 Å². The van der Waals surface area contributed by atoms with Crippen molar-refractivity contribution in [2.24, 2.45) is 5.92 Å². The minimum absolute atomic E-state index is 0.0504. The monoisotopic (exact) mass is 308 g/mol. The predicted octanol–water partition coefficient (Wildman–Crippen LogP) is 3.84. The van der Waals surface area contributed by atoms with Crippen molar-refractivity contribution in [2.75, 3.05) is 13.2 Å². The summed E-state index contributed by atoms with van der Waals surface area (Å²) in [6.07, 6.45) is 0.484. The standard InChI is InChI=1S/C18H28O4/c1-6-17(19)22-18(4,5)15(12-20-14(2)3)13-21-16-10-8-7-9-11-16/h7-11,14-15H,6,12-13H2,1-5H3. The minimum Gasteiger partial charge on any atom is -0.493 e. The Balaban J connectivity index is 2.71. The molecule has 0 N–H and O–H groups in total. The molecule has 1 aromatic carbocycles. The Morgan fingerprint density at radius 2 is 1.77 bits per heavy atom. The maximum absolute atomic E-state index is 11.6. The van der Waals surface area contributed by atoms with Crippen LogP contribution in [0.1, 0.15) is 41.0 Å². The average Bonchev–Trinajstić information content (AvgIpc) is 2.47. The number of rotatable bonds is 9. The SMILES string of the molecule is CCC(=O)OC(C)(C)C(COc1ccccc1)COC(C)C. The highest BCUT2D eigenvalue weighted by molar-refractivity contribution is 5.69. The molecule has 0 radical (unpaired) electrons. The molecular weight excluding hydrogens is 280 g/mol. The zero-order chi connectivity index (χ0) is 16.6. The summed E-state index contributed by atoms with van der Waals surface area (Å²) in [5, 5.41) is 0. The third-order valence-electron chi connectivity index (χ3n) is 3.47. The summed E-state index contributed by atoms with van der Waals surface area (Å²) in [7, 11) is 0. The van der Waals surface area contributed by atoms with Crippen LogP contribution in [-0.2, 0) is 14.3 Å². The van der Waals surface area contributed by atoms with Crippen LogP contribution in [0.2, 0.25) is 0 Å². The molecule has 0 bridgehead atoms. The maximum Gasteiger partial charge on any atom is 0.306 e. The molecule has 1 aromatic rings. The maximum atomic E-state index is 11.6. The van der Waals surface area contributed by atoms with Gasteiger partial charge in [0.05, 0.1) is 25.2 Å². The van der Waals surface area contributed by atoms with Crippen molar-refractivity contribution in [3.05, 3.63) is 30.3 Å². The molecule has 22 heavy (non-hydrogen) atoms. The highest BCUT2D eigenvalue weighted by Crippen LogP contribution is 2.24. The van der Waals surface area contributed by atoms with E-state index in [2.05, 4.69) is 0 Å². The van der Waals surface area contributed by atoms with E-state index in [1.54, 1.807) is 6.92 Å². The zero-order valence-corrected chi connectivity index (χ0v) is 14.3. The number of carbonyl (C=O) groups is 1. The predicted molar refractivity (Wildman–Crippen MR) is 87.0 cm³/mol. The first-order chi connectivity index (χ1) is 10.3. The fourth-order valence-corrected chi connectivity index (χ4v) is 1.92. The number of hydrogen-bond acceptors (Lipinski definition) is 4. The van der Waals surface area contributed by atoms with Crippen LogP contribution in [-0.4, -0.2) is 30.9 Å². The largest absolute Gasteiger partial charge is 0.493 e. The highest BCUT2D eigenvalue weighted by Gasteiger charge is 2.34. The van der Waals surface area contributed by atoms with Crippen LogP contribution in [0.25, 0.3) is 0 Å². The summed E-state index contributed by atoms with van der Waals surface area (Å²) in [6.45, 7) is 10.5. The first-order valence-corrected chi connectivity index (χ1v) is 7.86. The van der Waals surface area contributed by atoms with Gasteiger partial charge in [-0.25, -0.2) is 0 Å². The summed E-state index contributed by atoms with van der Waals surface area (Å²) in [4.78, 5) is 11.6. The van der Waals surface area contributed by atoms with E-state index in [1.165, 1.54) is 0 Å². The average molecular weight is 308 g/mol. The van der Waals surface area contributed by atoms with Crippen LogP contribution >= 0.6 is 0 Å². The van der Waals surface area contributed by atoms with Gasteiger partial charge in [-0.1, -0.05) is 25.1 Å². The number of hydrogen-bond donors (Lipinski definition) is 0. The third kappa shape index (κ3) is 6.48. The molecule has 0 aliphatic rings. The Morgan fingerprint density at radius 1 is 1.14 bits per heavy atom. The van der Waals surface area contributed by atoms with E-state index in [0.717, 1.165) is 5.75 Å². The summed E-state index contributed by atoms with van der Waals surface area (Å²) in [6, 6.07) is 9.62. The molecule has 0 spiro atoms. The van der Waals surface area contributed by atoms with Gasteiger partial charge in [0.1, 0.15) is 11.4 Å². The molecule has 4 nitrogen and oxygen atoms in total.